The number of fused-ring (bicyclic) bond motifs is 16. The fourth-order valence-electron chi connectivity index (χ4n) is 10.9. The Hall–Kier alpha value is -5.94. The molecule has 0 spiro atoms. The predicted octanol–water partition coefficient (Wildman–Crippen LogP) is 15.1. The Morgan fingerprint density at radius 3 is 1.22 bits per heavy atom. The minimum atomic E-state index is -0.0200. The molecule has 0 atom stereocenters. The second kappa shape index (κ2) is 11.4. The third-order valence-electron chi connectivity index (χ3n) is 13.6. The van der Waals surface area contributed by atoms with Crippen molar-refractivity contribution in [2.24, 2.45) is 0 Å². The third kappa shape index (κ3) is 4.17. The average Bonchev–Trinajstić information content (AvgIpc) is 3.92. The zero-order valence-corrected chi connectivity index (χ0v) is 34.4. The third-order valence-corrected chi connectivity index (χ3v) is 16.2. The van der Waals surface area contributed by atoms with E-state index < -0.39 is 0 Å². The zero-order chi connectivity index (χ0) is 38.7. The quantitative estimate of drug-likeness (QED) is 0.173. The van der Waals surface area contributed by atoms with Crippen molar-refractivity contribution in [1.29, 1.82) is 0 Å². The number of aromatic nitrogens is 2. The van der Waals surface area contributed by atoms with Gasteiger partial charge in [0.1, 0.15) is 0 Å². The minimum absolute atomic E-state index is 0.0200. The van der Waals surface area contributed by atoms with Crippen LogP contribution in [0.2, 0.25) is 0 Å². The van der Waals surface area contributed by atoms with E-state index >= 15 is 0 Å². The highest BCUT2D eigenvalue weighted by atomic mass is 32.2. The summed E-state index contributed by atoms with van der Waals surface area (Å²) in [6.45, 7) is 9.42. The Bertz CT molecular complexity index is 3240. The molecular formula is C54H38N2S2. The Kier molecular flexibility index (Phi) is 6.49. The SMILES string of the molecule is CC1(C)c2ccccc2-c2cc(-n3c4ccccc4c4c5c(ccc43)Sc3c(ccc4c3c3ccccc3n4-c3ccc4c(c3)-c3ccccc3C4(C)C)S5)ccc21. The van der Waals surface area contributed by atoms with Gasteiger partial charge in [0, 0.05) is 63.3 Å². The van der Waals surface area contributed by atoms with E-state index in [1.165, 1.54) is 119 Å². The molecule has 58 heavy (non-hydrogen) atoms. The number of benzene rings is 8. The molecule has 0 N–H and O–H groups in total. The summed E-state index contributed by atoms with van der Waals surface area (Å²) in [5.41, 5.74) is 18.4. The summed E-state index contributed by atoms with van der Waals surface area (Å²) in [5.74, 6) is 0. The molecule has 4 heteroatoms. The number of hydrogen-bond donors (Lipinski definition) is 0. The molecule has 3 heterocycles. The summed E-state index contributed by atoms with van der Waals surface area (Å²) in [7, 11) is 0. The molecule has 0 radical (unpaired) electrons. The van der Waals surface area contributed by atoms with Gasteiger partial charge in [0.25, 0.3) is 0 Å². The molecule has 0 unspecified atom stereocenters. The van der Waals surface area contributed by atoms with Gasteiger partial charge >= 0.3 is 0 Å². The smallest absolute Gasteiger partial charge is 0.0553 e. The minimum Gasteiger partial charge on any atom is -0.309 e. The van der Waals surface area contributed by atoms with E-state index in [1.807, 2.05) is 23.5 Å². The average molecular weight is 779 g/mol. The lowest BCUT2D eigenvalue weighted by Gasteiger charge is -2.22. The standard InChI is InChI=1S/C54H38N2S2/c1-53(2)39-17-9-5-13-33(39)37-29-31(21-23-41(37)53)55-43-19-11-7-15-35(43)49-45(55)25-27-47-51(49)57-48-28-26-46-50(52(48)58-47)36-16-8-12-20-44(36)56(46)32-22-24-42-38(30-32)34-14-6-10-18-40(34)54(42,3)4/h5-30H,1-4H3. The monoisotopic (exact) mass is 778 g/mol. The first-order valence-electron chi connectivity index (χ1n) is 20.3. The van der Waals surface area contributed by atoms with Crippen molar-refractivity contribution in [1.82, 2.24) is 9.13 Å². The van der Waals surface area contributed by atoms with E-state index in [0.29, 0.717) is 0 Å². The van der Waals surface area contributed by atoms with Gasteiger partial charge in [-0.25, -0.2) is 0 Å². The van der Waals surface area contributed by atoms with Crippen LogP contribution >= 0.6 is 23.5 Å². The van der Waals surface area contributed by atoms with Crippen LogP contribution in [0.3, 0.4) is 0 Å². The number of rotatable bonds is 2. The Morgan fingerprint density at radius 2 is 0.759 bits per heavy atom. The molecule has 8 aromatic carbocycles. The van der Waals surface area contributed by atoms with Crippen LogP contribution in [0.25, 0.3) is 77.2 Å². The number of para-hydroxylation sites is 2. The summed E-state index contributed by atoms with van der Waals surface area (Å²) >= 11 is 3.88. The van der Waals surface area contributed by atoms with Crippen LogP contribution in [0, 0.1) is 0 Å². The van der Waals surface area contributed by atoms with E-state index in [-0.39, 0.29) is 10.8 Å². The number of nitrogens with zero attached hydrogens (tertiary/aromatic N) is 2. The molecule has 13 rings (SSSR count). The van der Waals surface area contributed by atoms with Crippen LogP contribution in [0.4, 0.5) is 0 Å². The topological polar surface area (TPSA) is 9.86 Å². The molecule has 2 aromatic heterocycles. The van der Waals surface area contributed by atoms with Gasteiger partial charge in [-0.2, -0.15) is 0 Å². The van der Waals surface area contributed by atoms with Gasteiger partial charge in [-0.05, 0) is 105 Å². The summed E-state index contributed by atoms with van der Waals surface area (Å²) in [6, 6.07) is 59.6. The molecular weight excluding hydrogens is 741 g/mol. The summed E-state index contributed by atoms with van der Waals surface area (Å²) < 4.78 is 4.99. The van der Waals surface area contributed by atoms with Crippen molar-refractivity contribution in [2.45, 2.75) is 58.1 Å². The second-order valence-electron chi connectivity index (χ2n) is 17.3. The van der Waals surface area contributed by atoms with Crippen LogP contribution in [0.5, 0.6) is 0 Å². The van der Waals surface area contributed by atoms with E-state index in [2.05, 4.69) is 195 Å². The molecule has 2 nitrogen and oxygen atoms in total. The van der Waals surface area contributed by atoms with Gasteiger partial charge in [0.15, 0.2) is 0 Å². The highest BCUT2D eigenvalue weighted by Crippen LogP contribution is 2.57. The molecule has 276 valence electrons. The lowest BCUT2D eigenvalue weighted by molar-refractivity contribution is 0.660. The van der Waals surface area contributed by atoms with Crippen LogP contribution in [0.15, 0.2) is 177 Å². The van der Waals surface area contributed by atoms with E-state index in [4.69, 9.17) is 0 Å². The fourth-order valence-corrected chi connectivity index (χ4v) is 13.4. The van der Waals surface area contributed by atoms with Crippen molar-refractivity contribution in [2.75, 3.05) is 0 Å². The van der Waals surface area contributed by atoms with Gasteiger partial charge in [-0.3, -0.25) is 0 Å². The van der Waals surface area contributed by atoms with Crippen molar-refractivity contribution < 1.29 is 0 Å². The lowest BCUT2D eigenvalue weighted by Crippen LogP contribution is -2.14. The molecule has 1 aliphatic heterocycles. The fraction of sp³-hybridized carbons (Fsp3) is 0.111. The number of hydrogen-bond acceptors (Lipinski definition) is 2. The first-order chi connectivity index (χ1) is 28.3. The molecule has 2 aliphatic carbocycles. The summed E-state index contributed by atoms with van der Waals surface area (Å²) in [6.07, 6.45) is 0. The second-order valence-corrected chi connectivity index (χ2v) is 19.4. The van der Waals surface area contributed by atoms with Crippen molar-refractivity contribution in [3.63, 3.8) is 0 Å². The zero-order valence-electron chi connectivity index (χ0n) is 32.7. The maximum absolute atomic E-state index is 2.49. The van der Waals surface area contributed by atoms with Crippen molar-refractivity contribution in [3.05, 3.63) is 180 Å². The first-order valence-corrected chi connectivity index (χ1v) is 21.9. The molecule has 10 aromatic rings. The molecule has 0 saturated carbocycles. The van der Waals surface area contributed by atoms with Gasteiger partial charge in [0.05, 0.1) is 22.1 Å². The predicted molar refractivity (Wildman–Crippen MR) is 245 cm³/mol. The van der Waals surface area contributed by atoms with Crippen LogP contribution in [0.1, 0.15) is 49.9 Å². The molecule has 0 fully saturated rings. The molecule has 3 aliphatic rings. The Labute approximate surface area is 346 Å². The highest BCUT2D eigenvalue weighted by molar-refractivity contribution is 8.05. The van der Waals surface area contributed by atoms with Crippen LogP contribution in [-0.4, -0.2) is 9.13 Å². The maximum atomic E-state index is 2.49. The van der Waals surface area contributed by atoms with Crippen LogP contribution < -0.4 is 0 Å². The normalized spacial score (nSPS) is 15.4. The van der Waals surface area contributed by atoms with Crippen molar-refractivity contribution >= 4 is 67.1 Å². The van der Waals surface area contributed by atoms with E-state index in [0.717, 1.165) is 0 Å². The first kappa shape index (κ1) is 33.1. The Balaban J connectivity index is 0.980. The largest absolute Gasteiger partial charge is 0.309 e. The van der Waals surface area contributed by atoms with Gasteiger partial charge in [-0.1, -0.05) is 148 Å². The van der Waals surface area contributed by atoms with Gasteiger partial charge in [0.2, 0.25) is 0 Å². The molecule has 0 bridgehead atoms. The highest BCUT2D eigenvalue weighted by Gasteiger charge is 2.37. The summed E-state index contributed by atoms with van der Waals surface area (Å²) in [5, 5.41) is 5.26. The van der Waals surface area contributed by atoms with Gasteiger partial charge < -0.3 is 9.13 Å². The van der Waals surface area contributed by atoms with Crippen LogP contribution in [-0.2, 0) is 10.8 Å². The molecule has 0 saturated heterocycles. The maximum Gasteiger partial charge on any atom is 0.0553 e. The molecule has 0 amide bonds. The Morgan fingerprint density at radius 1 is 0.362 bits per heavy atom. The summed E-state index contributed by atoms with van der Waals surface area (Å²) in [4.78, 5) is 5.33. The van der Waals surface area contributed by atoms with E-state index in [9.17, 15) is 0 Å². The van der Waals surface area contributed by atoms with Gasteiger partial charge in [-0.15, -0.1) is 0 Å². The van der Waals surface area contributed by atoms with Crippen molar-refractivity contribution in [3.8, 4) is 33.6 Å². The lowest BCUT2D eigenvalue weighted by atomic mass is 9.82. The van der Waals surface area contributed by atoms with E-state index in [1.54, 1.807) is 0 Å².